The van der Waals surface area contributed by atoms with Gasteiger partial charge in [-0.3, -0.25) is 4.79 Å². The third-order valence-electron chi connectivity index (χ3n) is 9.12. The smallest absolute Gasteiger partial charge is 0.254 e. The van der Waals surface area contributed by atoms with Gasteiger partial charge in [0.1, 0.15) is 16.9 Å². The van der Waals surface area contributed by atoms with Crippen molar-refractivity contribution in [2.75, 3.05) is 33.4 Å². The van der Waals surface area contributed by atoms with Crippen molar-refractivity contribution >= 4 is 28.0 Å². The molecule has 7 rings (SSSR count). The van der Waals surface area contributed by atoms with Gasteiger partial charge >= 0.3 is 0 Å². The van der Waals surface area contributed by atoms with Gasteiger partial charge in [-0.25, -0.2) is 9.97 Å². The number of fused-ring (bicyclic) bond motifs is 2. The molecule has 2 aliphatic heterocycles. The molecule has 5 heterocycles. The van der Waals surface area contributed by atoms with Gasteiger partial charge in [-0.05, 0) is 80.7 Å². The van der Waals surface area contributed by atoms with E-state index >= 15 is 0 Å². The minimum Gasteiger partial charge on any atom is -0.494 e. The first-order chi connectivity index (χ1) is 19.5. The number of rotatable bonds is 6. The summed E-state index contributed by atoms with van der Waals surface area (Å²) in [7, 11) is 3.71. The van der Waals surface area contributed by atoms with E-state index in [9.17, 15) is 4.79 Å². The van der Waals surface area contributed by atoms with Crippen molar-refractivity contribution in [2.24, 2.45) is 18.9 Å². The van der Waals surface area contributed by atoms with Gasteiger partial charge in [-0.1, -0.05) is 6.92 Å². The highest BCUT2D eigenvalue weighted by Gasteiger charge is 2.28. The lowest BCUT2D eigenvalue weighted by Crippen LogP contribution is -2.39. The topological polar surface area (TPSA) is 74.4 Å². The molecular formula is C32H39N5O3. The first-order valence-corrected chi connectivity index (χ1v) is 14.9. The molecule has 0 unspecified atom stereocenters. The van der Waals surface area contributed by atoms with E-state index in [0.29, 0.717) is 29.1 Å². The van der Waals surface area contributed by atoms with Crippen LogP contribution in [0, 0.1) is 11.8 Å². The Bertz CT molecular complexity index is 1580. The van der Waals surface area contributed by atoms with Crippen LogP contribution < -0.4 is 4.74 Å². The van der Waals surface area contributed by atoms with Crippen LogP contribution in [0.3, 0.4) is 0 Å². The van der Waals surface area contributed by atoms with Gasteiger partial charge < -0.3 is 23.5 Å². The predicted molar refractivity (Wildman–Crippen MR) is 156 cm³/mol. The number of carbonyl (C=O) groups excluding carboxylic acids is 1. The molecular weight excluding hydrogens is 502 g/mol. The second kappa shape index (κ2) is 10.2. The molecule has 1 aromatic carbocycles. The Morgan fingerprint density at radius 3 is 2.65 bits per heavy atom. The Morgan fingerprint density at radius 2 is 1.90 bits per heavy atom. The zero-order chi connectivity index (χ0) is 27.4. The van der Waals surface area contributed by atoms with Crippen molar-refractivity contribution in [3.63, 3.8) is 0 Å². The number of aryl methyl sites for hydroxylation is 1. The fourth-order valence-electron chi connectivity index (χ4n) is 6.67. The molecule has 40 heavy (non-hydrogen) atoms. The number of piperidine rings is 1. The van der Waals surface area contributed by atoms with Gasteiger partial charge in [-0.2, -0.15) is 0 Å². The maximum Gasteiger partial charge on any atom is 0.254 e. The van der Waals surface area contributed by atoms with Gasteiger partial charge in [0.2, 0.25) is 0 Å². The molecule has 4 aromatic rings. The van der Waals surface area contributed by atoms with Crippen LogP contribution in [0.2, 0.25) is 0 Å². The second-order valence-electron chi connectivity index (χ2n) is 12.2. The largest absolute Gasteiger partial charge is 0.494 e. The zero-order valence-corrected chi connectivity index (χ0v) is 23.9. The summed E-state index contributed by atoms with van der Waals surface area (Å²) >= 11 is 0. The molecule has 3 fully saturated rings. The Hall–Kier alpha value is -3.39. The standard InChI is InChI=1S/C32H39N5O3/c1-20-5-4-12-36(18-20)32(38)24-15-26-29(28(17-24)39-3)35(2)31(34-26)27-16-23-8-9-25(22-10-13-40-14-11-22)33-30(23)37(27)19-21-6-7-21/h8-9,15-17,20-22H,4-7,10-14,18-19H2,1-3H3/t20-/m1/s1. The van der Waals surface area contributed by atoms with E-state index in [1.165, 1.54) is 25.0 Å². The van der Waals surface area contributed by atoms with E-state index in [4.69, 9.17) is 19.4 Å². The molecule has 8 heteroatoms. The number of hydrogen-bond acceptors (Lipinski definition) is 5. The zero-order valence-electron chi connectivity index (χ0n) is 23.9. The molecule has 0 bridgehead atoms. The highest BCUT2D eigenvalue weighted by atomic mass is 16.5. The van der Waals surface area contributed by atoms with E-state index in [-0.39, 0.29) is 5.91 Å². The van der Waals surface area contributed by atoms with E-state index in [2.05, 4.69) is 34.3 Å². The van der Waals surface area contributed by atoms with Crippen molar-refractivity contribution in [3.8, 4) is 17.3 Å². The normalized spacial score (nSPS) is 20.5. The SMILES string of the molecule is COc1cc(C(=O)N2CCC[C@@H](C)C2)cc2nc(-c3cc4ccc(C5CCOCC5)nc4n3CC3CC3)n(C)c12. The fourth-order valence-corrected chi connectivity index (χ4v) is 6.67. The Kier molecular flexibility index (Phi) is 6.53. The molecule has 8 nitrogen and oxygen atoms in total. The van der Waals surface area contributed by atoms with Crippen LogP contribution in [-0.4, -0.2) is 63.3 Å². The lowest BCUT2D eigenvalue weighted by molar-refractivity contribution is 0.0683. The highest BCUT2D eigenvalue weighted by Crippen LogP contribution is 2.38. The minimum atomic E-state index is 0.0617. The van der Waals surface area contributed by atoms with Crippen LogP contribution >= 0.6 is 0 Å². The summed E-state index contributed by atoms with van der Waals surface area (Å²) in [4.78, 5) is 25.8. The Labute approximate surface area is 235 Å². The number of imidazole rings is 1. The molecule has 0 N–H and O–H groups in total. The summed E-state index contributed by atoms with van der Waals surface area (Å²) < 4.78 is 15.9. The van der Waals surface area contributed by atoms with Crippen LogP contribution in [0.25, 0.3) is 33.6 Å². The van der Waals surface area contributed by atoms with Crippen molar-refractivity contribution in [2.45, 2.75) is 57.9 Å². The lowest BCUT2D eigenvalue weighted by Gasteiger charge is -2.31. The highest BCUT2D eigenvalue weighted by molar-refractivity contribution is 6.00. The number of nitrogens with zero attached hydrogens (tertiary/aromatic N) is 5. The number of methoxy groups -OCH3 is 1. The van der Waals surface area contributed by atoms with Crippen molar-refractivity contribution < 1.29 is 14.3 Å². The van der Waals surface area contributed by atoms with Crippen LogP contribution in [0.1, 0.15) is 67.4 Å². The summed E-state index contributed by atoms with van der Waals surface area (Å²) in [5, 5.41) is 1.14. The average molecular weight is 542 g/mol. The van der Waals surface area contributed by atoms with Crippen LogP contribution in [-0.2, 0) is 18.3 Å². The van der Waals surface area contributed by atoms with E-state index in [1.807, 2.05) is 24.1 Å². The maximum absolute atomic E-state index is 13.5. The Morgan fingerprint density at radius 1 is 1.07 bits per heavy atom. The van der Waals surface area contributed by atoms with Gasteiger partial charge in [-0.15, -0.1) is 0 Å². The number of amides is 1. The summed E-state index contributed by atoms with van der Waals surface area (Å²) in [6, 6.07) is 10.5. The van der Waals surface area contributed by atoms with Crippen LogP contribution in [0.4, 0.5) is 0 Å². The minimum absolute atomic E-state index is 0.0617. The van der Waals surface area contributed by atoms with E-state index < -0.39 is 0 Å². The number of pyridine rings is 1. The monoisotopic (exact) mass is 541 g/mol. The first-order valence-electron chi connectivity index (χ1n) is 14.9. The molecule has 210 valence electrons. The molecule has 3 aromatic heterocycles. The number of carbonyl (C=O) groups is 1. The molecule has 1 amide bonds. The average Bonchev–Trinajstić information content (AvgIpc) is 3.65. The molecule has 3 aliphatic rings. The second-order valence-corrected chi connectivity index (χ2v) is 12.2. The summed E-state index contributed by atoms with van der Waals surface area (Å²) in [6.45, 7) is 6.39. The number of benzene rings is 1. The maximum atomic E-state index is 13.5. The summed E-state index contributed by atoms with van der Waals surface area (Å²) in [5.74, 6) is 3.27. The van der Waals surface area contributed by atoms with Gasteiger partial charge in [0, 0.05) is 62.5 Å². The predicted octanol–water partition coefficient (Wildman–Crippen LogP) is 5.77. The third kappa shape index (κ3) is 4.56. The Balaban J connectivity index is 1.32. The number of hydrogen-bond donors (Lipinski definition) is 0. The van der Waals surface area contributed by atoms with Crippen molar-refractivity contribution in [1.82, 2.24) is 24.0 Å². The number of aromatic nitrogens is 4. The van der Waals surface area contributed by atoms with Crippen LogP contribution in [0.15, 0.2) is 30.3 Å². The van der Waals surface area contributed by atoms with E-state index in [0.717, 1.165) is 85.7 Å². The van der Waals surface area contributed by atoms with Gasteiger partial charge in [0.25, 0.3) is 5.91 Å². The fraction of sp³-hybridized carbons (Fsp3) is 0.531. The summed E-state index contributed by atoms with van der Waals surface area (Å²) in [6.07, 6.45) is 6.80. The quantitative estimate of drug-likeness (QED) is 0.310. The van der Waals surface area contributed by atoms with Gasteiger partial charge in [0.05, 0.1) is 18.3 Å². The molecule has 1 atom stereocenters. The lowest BCUT2D eigenvalue weighted by atomic mass is 9.96. The third-order valence-corrected chi connectivity index (χ3v) is 9.12. The molecule has 1 saturated carbocycles. The molecule has 0 radical (unpaired) electrons. The first kappa shape index (κ1) is 25.6. The van der Waals surface area contributed by atoms with E-state index in [1.54, 1.807) is 7.11 Å². The number of ether oxygens (including phenoxy) is 2. The molecule has 1 aliphatic carbocycles. The van der Waals surface area contributed by atoms with Gasteiger partial charge in [0.15, 0.2) is 5.82 Å². The van der Waals surface area contributed by atoms with Crippen LogP contribution in [0.5, 0.6) is 5.75 Å². The van der Waals surface area contributed by atoms with Crippen molar-refractivity contribution in [1.29, 1.82) is 0 Å². The molecule has 2 saturated heterocycles. The van der Waals surface area contributed by atoms with Crippen molar-refractivity contribution in [3.05, 3.63) is 41.6 Å². The molecule has 0 spiro atoms. The summed E-state index contributed by atoms with van der Waals surface area (Å²) in [5.41, 5.74) is 5.60. The number of likely N-dealkylation sites (tertiary alicyclic amines) is 1.